The molecule has 3 atom stereocenters. The number of likely N-dealkylation sites (tertiary alicyclic amines) is 1. The first-order valence-electron chi connectivity index (χ1n) is 15.9. The lowest BCUT2D eigenvalue weighted by molar-refractivity contribution is -0.137. The molecular weight excluding hydrogens is 667 g/mol. The van der Waals surface area contributed by atoms with Crippen LogP contribution in [0.5, 0.6) is 5.75 Å². The molecule has 2 N–H and O–H groups in total. The summed E-state index contributed by atoms with van der Waals surface area (Å²) < 4.78 is 47.9. The Morgan fingerprint density at radius 2 is 2.02 bits per heavy atom. The van der Waals surface area contributed by atoms with E-state index in [1.54, 1.807) is 15.5 Å². The van der Waals surface area contributed by atoms with Gasteiger partial charge in [0.05, 0.1) is 29.5 Å². The minimum absolute atomic E-state index is 0.0103. The monoisotopic (exact) mass is 695 g/mol. The van der Waals surface area contributed by atoms with Crippen molar-refractivity contribution < 1.29 is 32.6 Å². The number of alkyl halides is 3. The minimum atomic E-state index is -4.60. The smallest absolute Gasteiger partial charge is 0.416 e. The van der Waals surface area contributed by atoms with Crippen LogP contribution in [0.2, 0.25) is 5.02 Å². The number of benzene rings is 1. The Balaban J connectivity index is 1.16. The number of halogens is 4. The van der Waals surface area contributed by atoms with Crippen LogP contribution in [0.1, 0.15) is 58.8 Å². The van der Waals surface area contributed by atoms with E-state index in [0.29, 0.717) is 68.9 Å². The van der Waals surface area contributed by atoms with Gasteiger partial charge in [0.2, 0.25) is 11.7 Å². The summed E-state index contributed by atoms with van der Waals surface area (Å²) in [6.07, 6.45) is 1.48. The van der Waals surface area contributed by atoms with Gasteiger partial charge in [0, 0.05) is 35.5 Å². The summed E-state index contributed by atoms with van der Waals surface area (Å²) in [6, 6.07) is 5.50. The number of nitrogens with zero attached hydrogens (tertiary/aromatic N) is 6. The van der Waals surface area contributed by atoms with Crippen LogP contribution in [-0.2, 0) is 34.1 Å². The number of anilines is 1. The van der Waals surface area contributed by atoms with Gasteiger partial charge in [-0.15, -0.1) is 5.10 Å². The average molecular weight is 696 g/mol. The highest BCUT2D eigenvalue weighted by molar-refractivity contribution is 6.33. The molecule has 2 amide bonds. The number of hydrogen-bond acceptors (Lipinski definition) is 8. The third-order valence-electron chi connectivity index (χ3n) is 10.2. The number of pyridine rings is 1. The highest BCUT2D eigenvalue weighted by Gasteiger charge is 2.63. The topological polar surface area (TPSA) is 144 Å². The molecule has 2 fully saturated rings. The molecule has 1 saturated heterocycles. The van der Waals surface area contributed by atoms with Crippen molar-refractivity contribution in [3.8, 4) is 5.75 Å². The van der Waals surface area contributed by atoms with E-state index in [2.05, 4.69) is 15.4 Å². The molecule has 0 radical (unpaired) electrons. The molecule has 0 bridgehead atoms. The van der Waals surface area contributed by atoms with E-state index in [9.17, 15) is 32.7 Å². The van der Waals surface area contributed by atoms with E-state index in [1.165, 1.54) is 16.8 Å². The number of nitrogens with one attached hydrogen (secondary N) is 1. The van der Waals surface area contributed by atoms with Gasteiger partial charge in [-0.1, -0.05) is 17.7 Å². The van der Waals surface area contributed by atoms with Gasteiger partial charge in [-0.2, -0.15) is 22.7 Å². The Bertz CT molecular complexity index is 2150. The third kappa shape index (κ3) is 5.17. The minimum Gasteiger partial charge on any atom is -0.505 e. The highest BCUT2D eigenvalue weighted by Crippen LogP contribution is 2.60. The van der Waals surface area contributed by atoms with E-state index < -0.39 is 23.1 Å². The molecule has 1 unspecified atom stereocenters. The molecule has 1 saturated carbocycles. The SMILES string of the molecule is O=C(Cn1c2c(c(=O)n3nc(C4=CCOCC4)nc13)[C@]1(CC2)CCN(C(=O)c2ncccc2O)[C@@H]2CC21)Nc1ccc(C(F)(F)F)cc1Cl. The van der Waals surface area contributed by atoms with Crippen molar-refractivity contribution in [3.05, 3.63) is 86.3 Å². The quantitative estimate of drug-likeness (QED) is 0.316. The summed E-state index contributed by atoms with van der Waals surface area (Å²) in [6.45, 7) is 0.877. The Morgan fingerprint density at radius 1 is 1.18 bits per heavy atom. The molecule has 254 valence electrons. The summed E-state index contributed by atoms with van der Waals surface area (Å²) in [4.78, 5) is 51.8. The Kier molecular flexibility index (Phi) is 7.33. The largest absolute Gasteiger partial charge is 0.505 e. The molecule has 2 aliphatic heterocycles. The third-order valence-corrected chi connectivity index (χ3v) is 10.5. The van der Waals surface area contributed by atoms with Crippen molar-refractivity contribution in [1.82, 2.24) is 29.0 Å². The Hall–Kier alpha value is -4.76. The van der Waals surface area contributed by atoms with Crippen molar-refractivity contribution in [2.45, 2.75) is 56.3 Å². The van der Waals surface area contributed by atoms with E-state index in [4.69, 9.17) is 21.3 Å². The standard InChI is InChI=1S/C33H29ClF3N7O5/c34-20-14-18(33(35,36)37)3-4-21(20)39-25(46)16-43-22-5-8-32(9-11-42(23-15-19(23)32)30(48)27-24(45)2-1-10-38-27)26(22)29(47)44-31(43)40-28(41-44)17-6-12-49-13-7-17/h1-4,6,10,14,19,23,45H,5,7-9,11-13,15-16H2,(H,39,46)/t19?,23-,32-/m1/s1. The lowest BCUT2D eigenvalue weighted by Crippen LogP contribution is -2.48. The van der Waals surface area contributed by atoms with Gasteiger partial charge in [0.25, 0.3) is 11.5 Å². The first-order valence-corrected chi connectivity index (χ1v) is 16.3. The fourth-order valence-corrected chi connectivity index (χ4v) is 8.07. The second-order valence-corrected chi connectivity index (χ2v) is 13.2. The zero-order chi connectivity index (χ0) is 34.2. The molecule has 12 nitrogen and oxygen atoms in total. The summed E-state index contributed by atoms with van der Waals surface area (Å²) in [7, 11) is 0. The van der Waals surface area contributed by atoms with Gasteiger partial charge in [0.1, 0.15) is 12.3 Å². The van der Waals surface area contributed by atoms with Gasteiger partial charge >= 0.3 is 6.18 Å². The number of hydrogen-bond donors (Lipinski definition) is 2. The predicted molar refractivity (Wildman–Crippen MR) is 169 cm³/mol. The van der Waals surface area contributed by atoms with Crippen LogP contribution >= 0.6 is 11.6 Å². The second-order valence-electron chi connectivity index (χ2n) is 12.8. The number of carbonyl (C=O) groups is 2. The molecule has 16 heteroatoms. The van der Waals surface area contributed by atoms with Crippen LogP contribution in [-0.4, -0.2) is 71.8 Å². The molecule has 3 aromatic heterocycles. The maximum absolute atomic E-state index is 14.4. The van der Waals surface area contributed by atoms with E-state index in [-0.39, 0.29) is 57.9 Å². The molecule has 2 aliphatic carbocycles. The van der Waals surface area contributed by atoms with Crippen molar-refractivity contribution in [2.24, 2.45) is 5.92 Å². The van der Waals surface area contributed by atoms with Gasteiger partial charge in [-0.05, 0) is 73.9 Å². The van der Waals surface area contributed by atoms with E-state index >= 15 is 0 Å². The zero-order valence-corrected chi connectivity index (χ0v) is 26.6. The summed E-state index contributed by atoms with van der Waals surface area (Å²) in [5, 5.41) is 17.2. The number of carbonyl (C=O) groups excluding carboxylic acids is 2. The summed E-state index contributed by atoms with van der Waals surface area (Å²) in [5.74, 6) is -0.655. The fourth-order valence-electron chi connectivity index (χ4n) is 7.85. The molecule has 1 aromatic carbocycles. The summed E-state index contributed by atoms with van der Waals surface area (Å²) in [5.41, 5.74) is 0.132. The van der Waals surface area contributed by atoms with Crippen LogP contribution in [0.15, 0.2) is 47.4 Å². The number of aromatic nitrogens is 5. The molecule has 1 spiro atoms. The lowest BCUT2D eigenvalue weighted by atomic mass is 9.73. The van der Waals surface area contributed by atoms with Crippen LogP contribution in [0, 0.1) is 5.92 Å². The molecule has 49 heavy (non-hydrogen) atoms. The normalized spacial score (nSPS) is 22.9. The van der Waals surface area contributed by atoms with E-state index in [0.717, 1.165) is 23.8 Å². The summed E-state index contributed by atoms with van der Waals surface area (Å²) >= 11 is 6.13. The molecule has 4 aromatic rings. The van der Waals surface area contributed by atoms with Gasteiger partial charge in [-0.3, -0.25) is 14.4 Å². The van der Waals surface area contributed by atoms with Gasteiger partial charge in [0.15, 0.2) is 11.5 Å². The second kappa shape index (κ2) is 11.4. The van der Waals surface area contributed by atoms with Gasteiger partial charge in [-0.25, -0.2) is 4.98 Å². The van der Waals surface area contributed by atoms with Crippen LogP contribution < -0.4 is 10.9 Å². The number of amides is 2. The number of aromatic hydroxyl groups is 1. The zero-order valence-electron chi connectivity index (χ0n) is 25.8. The Morgan fingerprint density at radius 3 is 2.76 bits per heavy atom. The van der Waals surface area contributed by atoms with Crippen molar-refractivity contribution in [2.75, 3.05) is 25.1 Å². The lowest BCUT2D eigenvalue weighted by Gasteiger charge is -2.39. The number of ether oxygens (including phenoxy) is 1. The molecule has 5 heterocycles. The number of piperidine rings is 1. The van der Waals surface area contributed by atoms with Crippen LogP contribution in [0.25, 0.3) is 11.4 Å². The maximum Gasteiger partial charge on any atom is 0.416 e. The number of fused-ring (bicyclic) bond motifs is 5. The highest BCUT2D eigenvalue weighted by atomic mass is 35.5. The van der Waals surface area contributed by atoms with Crippen LogP contribution in [0.3, 0.4) is 0 Å². The molecule has 8 rings (SSSR count). The first-order chi connectivity index (χ1) is 23.5. The fraction of sp³-hybridized carbons (Fsp3) is 0.394. The van der Waals surface area contributed by atoms with Crippen molar-refractivity contribution >= 4 is 40.5 Å². The van der Waals surface area contributed by atoms with Crippen LogP contribution in [0.4, 0.5) is 18.9 Å². The van der Waals surface area contributed by atoms with E-state index in [1.807, 2.05) is 6.08 Å². The molecule has 4 aliphatic rings. The number of rotatable bonds is 5. The van der Waals surface area contributed by atoms with Crippen molar-refractivity contribution in [1.29, 1.82) is 0 Å². The molecular formula is C33H29ClF3N7O5. The predicted octanol–water partition coefficient (Wildman–Crippen LogP) is 4.22. The Labute approximate surface area is 281 Å². The van der Waals surface area contributed by atoms with Gasteiger partial charge < -0.3 is 24.6 Å². The average Bonchev–Trinajstić information content (AvgIpc) is 3.62. The first kappa shape index (κ1) is 31.5. The maximum atomic E-state index is 14.4. The van der Waals surface area contributed by atoms with Crippen molar-refractivity contribution in [3.63, 3.8) is 0 Å².